The number of aromatic amines is 1. The number of amides is 1. The Morgan fingerprint density at radius 3 is 2.74 bits per heavy atom. The van der Waals surface area contributed by atoms with Crippen molar-refractivity contribution in [1.82, 2.24) is 14.9 Å². The maximum absolute atomic E-state index is 11.9. The number of nitrogens with zero attached hydrogens (tertiary/aromatic N) is 2. The van der Waals surface area contributed by atoms with Crippen LogP contribution in [0.5, 0.6) is 5.88 Å². The van der Waals surface area contributed by atoms with E-state index in [-0.39, 0.29) is 24.8 Å². The first kappa shape index (κ1) is 15.0. The minimum absolute atomic E-state index is 0.159. The summed E-state index contributed by atoms with van der Waals surface area (Å²) in [5.74, 6) is -0.0415. The van der Waals surface area contributed by atoms with E-state index >= 15 is 0 Å². The summed E-state index contributed by atoms with van der Waals surface area (Å²) in [6.45, 7) is 4.83. The predicted molar refractivity (Wildman–Crippen MR) is 67.7 cm³/mol. The smallest absolute Gasteiger partial charge is 0.416 e. The Kier molecular flexibility index (Phi) is 6.42. The molecule has 1 aromatic heterocycles. The third-order valence-electron chi connectivity index (χ3n) is 2.31. The molecular weight excluding hydrogens is 250 g/mol. The zero-order valence-electron chi connectivity index (χ0n) is 11.2. The van der Waals surface area contributed by atoms with E-state index in [0.717, 1.165) is 6.42 Å². The molecule has 0 radical (unpaired) electrons. The Hall–Kier alpha value is -2.05. The molecule has 0 aliphatic carbocycles. The van der Waals surface area contributed by atoms with Crippen molar-refractivity contribution in [3.63, 3.8) is 0 Å². The Balaban J connectivity index is 2.46. The van der Waals surface area contributed by atoms with Crippen LogP contribution in [-0.4, -0.2) is 46.6 Å². The highest BCUT2D eigenvalue weighted by atomic mass is 16.6. The van der Waals surface area contributed by atoms with Crippen LogP contribution in [0.15, 0.2) is 12.5 Å². The normalized spacial score (nSPS) is 10.0. The lowest BCUT2D eigenvalue weighted by Gasteiger charge is -2.20. The molecule has 1 heterocycles. The summed E-state index contributed by atoms with van der Waals surface area (Å²) in [6.07, 6.45) is 3.27. The lowest BCUT2D eigenvalue weighted by Crippen LogP contribution is -2.36. The van der Waals surface area contributed by atoms with Gasteiger partial charge < -0.3 is 19.4 Å². The molecule has 1 N–H and O–H groups in total. The van der Waals surface area contributed by atoms with Crippen LogP contribution in [0.2, 0.25) is 0 Å². The van der Waals surface area contributed by atoms with Gasteiger partial charge in [0.05, 0.1) is 25.6 Å². The van der Waals surface area contributed by atoms with Gasteiger partial charge in [-0.2, -0.15) is 0 Å². The molecule has 0 spiro atoms. The third kappa shape index (κ3) is 5.41. The van der Waals surface area contributed by atoms with Crippen LogP contribution in [0.3, 0.4) is 0 Å². The number of carbonyl (C=O) groups excluding carboxylic acids is 2. The predicted octanol–water partition coefficient (Wildman–Crippen LogP) is 1.57. The van der Waals surface area contributed by atoms with Crippen molar-refractivity contribution in [2.75, 3.05) is 19.7 Å². The second-order valence-corrected chi connectivity index (χ2v) is 3.83. The SMILES string of the molecule is CCCN(CCC(=O)OCC)C(=O)Oc1cnc[nH]1. The molecule has 0 fully saturated rings. The first-order valence-electron chi connectivity index (χ1n) is 6.28. The average molecular weight is 269 g/mol. The highest BCUT2D eigenvalue weighted by Crippen LogP contribution is 2.06. The number of hydrogen-bond acceptors (Lipinski definition) is 5. The van der Waals surface area contributed by atoms with Crippen LogP contribution in [0.4, 0.5) is 4.79 Å². The van der Waals surface area contributed by atoms with Crippen molar-refractivity contribution in [3.8, 4) is 5.88 Å². The Labute approximate surface area is 111 Å². The summed E-state index contributed by atoms with van der Waals surface area (Å²) < 4.78 is 9.90. The number of rotatable bonds is 7. The highest BCUT2D eigenvalue weighted by molar-refractivity contribution is 5.73. The van der Waals surface area contributed by atoms with E-state index in [4.69, 9.17) is 9.47 Å². The largest absolute Gasteiger partial charge is 0.466 e. The number of carbonyl (C=O) groups is 2. The summed E-state index contributed by atoms with van der Waals surface area (Å²) in [5, 5.41) is 0. The second-order valence-electron chi connectivity index (χ2n) is 3.83. The fourth-order valence-electron chi connectivity index (χ4n) is 1.48. The van der Waals surface area contributed by atoms with Gasteiger partial charge in [0.25, 0.3) is 0 Å². The van der Waals surface area contributed by atoms with Crippen LogP contribution >= 0.6 is 0 Å². The topological polar surface area (TPSA) is 84.5 Å². The van der Waals surface area contributed by atoms with Crippen molar-refractivity contribution in [2.45, 2.75) is 26.7 Å². The van der Waals surface area contributed by atoms with E-state index in [1.54, 1.807) is 6.92 Å². The van der Waals surface area contributed by atoms with E-state index in [1.165, 1.54) is 17.4 Å². The van der Waals surface area contributed by atoms with Crippen molar-refractivity contribution >= 4 is 12.1 Å². The van der Waals surface area contributed by atoms with Crippen LogP contribution in [0.25, 0.3) is 0 Å². The second kappa shape index (κ2) is 8.12. The summed E-state index contributed by atoms with van der Waals surface area (Å²) in [7, 11) is 0. The molecule has 0 saturated carbocycles. The lowest BCUT2D eigenvalue weighted by atomic mass is 10.3. The van der Waals surface area contributed by atoms with Crippen LogP contribution < -0.4 is 4.74 Å². The summed E-state index contributed by atoms with van der Waals surface area (Å²) in [4.78, 5) is 31.1. The van der Waals surface area contributed by atoms with Gasteiger partial charge >= 0.3 is 12.1 Å². The van der Waals surface area contributed by atoms with E-state index in [0.29, 0.717) is 13.2 Å². The minimum atomic E-state index is -0.504. The van der Waals surface area contributed by atoms with Crippen molar-refractivity contribution in [3.05, 3.63) is 12.5 Å². The van der Waals surface area contributed by atoms with Gasteiger partial charge in [-0.25, -0.2) is 9.78 Å². The Morgan fingerprint density at radius 1 is 1.37 bits per heavy atom. The van der Waals surface area contributed by atoms with Crippen molar-refractivity contribution in [1.29, 1.82) is 0 Å². The van der Waals surface area contributed by atoms with E-state index < -0.39 is 6.09 Å². The first-order valence-corrected chi connectivity index (χ1v) is 6.28. The molecule has 1 aromatic rings. The van der Waals surface area contributed by atoms with Crippen molar-refractivity contribution < 1.29 is 19.1 Å². The maximum Gasteiger partial charge on any atom is 0.416 e. The average Bonchev–Trinajstić information content (AvgIpc) is 2.87. The quantitative estimate of drug-likeness (QED) is 0.759. The number of nitrogens with one attached hydrogen (secondary N) is 1. The number of hydrogen-bond donors (Lipinski definition) is 1. The molecular formula is C12H19N3O4. The number of imidazole rings is 1. The summed E-state index contributed by atoms with van der Waals surface area (Å²) in [5.41, 5.74) is 0. The molecule has 0 saturated heterocycles. The molecule has 1 amide bonds. The molecule has 0 unspecified atom stereocenters. The zero-order valence-corrected chi connectivity index (χ0v) is 11.2. The minimum Gasteiger partial charge on any atom is -0.466 e. The molecule has 0 aliphatic rings. The van der Waals surface area contributed by atoms with Gasteiger partial charge in [0.2, 0.25) is 5.88 Å². The fraction of sp³-hybridized carbons (Fsp3) is 0.583. The number of esters is 1. The van der Waals surface area contributed by atoms with Crippen LogP contribution in [0, 0.1) is 0 Å². The molecule has 0 aromatic carbocycles. The van der Waals surface area contributed by atoms with Gasteiger partial charge in [-0.1, -0.05) is 6.92 Å². The molecule has 0 bridgehead atoms. The van der Waals surface area contributed by atoms with Gasteiger partial charge in [-0.05, 0) is 13.3 Å². The third-order valence-corrected chi connectivity index (χ3v) is 2.31. The highest BCUT2D eigenvalue weighted by Gasteiger charge is 2.17. The van der Waals surface area contributed by atoms with Gasteiger partial charge in [-0.15, -0.1) is 0 Å². The number of ether oxygens (including phenoxy) is 2. The first-order chi connectivity index (χ1) is 9.17. The lowest BCUT2D eigenvalue weighted by molar-refractivity contribution is -0.143. The molecule has 0 atom stereocenters. The van der Waals surface area contributed by atoms with Crippen LogP contribution in [0.1, 0.15) is 26.7 Å². The van der Waals surface area contributed by atoms with E-state index in [9.17, 15) is 9.59 Å². The monoisotopic (exact) mass is 269 g/mol. The van der Waals surface area contributed by atoms with E-state index in [1.807, 2.05) is 6.92 Å². The molecule has 0 aliphatic heterocycles. The van der Waals surface area contributed by atoms with Crippen LogP contribution in [-0.2, 0) is 9.53 Å². The number of H-pyrrole nitrogens is 1. The number of aromatic nitrogens is 2. The van der Waals surface area contributed by atoms with Gasteiger partial charge in [0.1, 0.15) is 0 Å². The molecule has 1 rings (SSSR count). The molecule has 7 nitrogen and oxygen atoms in total. The fourth-order valence-corrected chi connectivity index (χ4v) is 1.48. The summed E-state index contributed by atoms with van der Waals surface area (Å²) >= 11 is 0. The molecule has 106 valence electrons. The molecule has 7 heteroatoms. The Morgan fingerprint density at radius 2 is 2.16 bits per heavy atom. The maximum atomic E-state index is 11.9. The standard InChI is InChI=1S/C12H19N3O4/c1-3-6-15(7-5-11(16)18-4-2)12(17)19-10-8-13-9-14-10/h8-9H,3-7H2,1-2H3,(H,13,14). The van der Waals surface area contributed by atoms with E-state index in [2.05, 4.69) is 9.97 Å². The Bertz CT molecular complexity index is 392. The van der Waals surface area contributed by atoms with Gasteiger partial charge in [0, 0.05) is 13.1 Å². The zero-order chi connectivity index (χ0) is 14.1. The van der Waals surface area contributed by atoms with Gasteiger partial charge in [-0.3, -0.25) is 4.79 Å². The van der Waals surface area contributed by atoms with Gasteiger partial charge in [0.15, 0.2) is 0 Å². The summed E-state index contributed by atoms with van der Waals surface area (Å²) in [6, 6.07) is 0. The van der Waals surface area contributed by atoms with Crippen molar-refractivity contribution in [2.24, 2.45) is 0 Å². The molecule has 19 heavy (non-hydrogen) atoms.